The number of hydrogen-bond acceptors (Lipinski definition) is 2. The van der Waals surface area contributed by atoms with Crippen molar-refractivity contribution in [2.75, 3.05) is 19.6 Å². The lowest BCUT2D eigenvalue weighted by molar-refractivity contribution is 0.170. The number of halogens is 1. The van der Waals surface area contributed by atoms with Crippen molar-refractivity contribution in [2.24, 2.45) is 4.99 Å². The van der Waals surface area contributed by atoms with Gasteiger partial charge >= 0.3 is 0 Å². The van der Waals surface area contributed by atoms with Gasteiger partial charge in [-0.1, -0.05) is 30.3 Å². The summed E-state index contributed by atoms with van der Waals surface area (Å²) in [5.41, 5.74) is 2.86. The molecule has 1 aromatic heterocycles. The lowest BCUT2D eigenvalue weighted by Gasteiger charge is -2.13. The second-order valence-corrected chi connectivity index (χ2v) is 6.66. The number of fused-ring (bicyclic) bond motifs is 1. The summed E-state index contributed by atoms with van der Waals surface area (Å²) < 4.78 is 13.3. The minimum atomic E-state index is -0.514. The number of aliphatic imine (C=N–C) groups is 1. The van der Waals surface area contributed by atoms with Crippen molar-refractivity contribution in [1.29, 1.82) is 0 Å². The van der Waals surface area contributed by atoms with E-state index in [0.29, 0.717) is 19.5 Å². The Bertz CT molecular complexity index is 907. The van der Waals surface area contributed by atoms with Gasteiger partial charge in [0.25, 0.3) is 0 Å². The monoisotopic (exact) mass is 382 g/mol. The Morgan fingerprint density at radius 3 is 2.79 bits per heavy atom. The van der Waals surface area contributed by atoms with Gasteiger partial charge in [0.2, 0.25) is 0 Å². The van der Waals surface area contributed by atoms with Crippen molar-refractivity contribution in [3.8, 4) is 0 Å². The highest BCUT2D eigenvalue weighted by molar-refractivity contribution is 5.83. The van der Waals surface area contributed by atoms with Gasteiger partial charge < -0.3 is 20.7 Å². The molecule has 0 aliphatic rings. The van der Waals surface area contributed by atoms with Crippen LogP contribution in [0.1, 0.15) is 30.6 Å². The molecule has 148 valence electrons. The van der Waals surface area contributed by atoms with Crippen LogP contribution in [-0.2, 0) is 6.42 Å². The molecule has 0 radical (unpaired) electrons. The molecule has 1 heterocycles. The Balaban J connectivity index is 1.51. The van der Waals surface area contributed by atoms with Gasteiger partial charge in [-0.25, -0.2) is 4.39 Å². The molecule has 6 heteroatoms. The van der Waals surface area contributed by atoms with Crippen molar-refractivity contribution < 1.29 is 9.50 Å². The summed E-state index contributed by atoms with van der Waals surface area (Å²) in [5.74, 6) is 0.493. The van der Waals surface area contributed by atoms with Crippen LogP contribution in [0, 0.1) is 5.82 Å². The number of nitrogens with one attached hydrogen (secondary N) is 3. The Morgan fingerprint density at radius 1 is 1.18 bits per heavy atom. The van der Waals surface area contributed by atoms with Crippen molar-refractivity contribution in [3.05, 3.63) is 71.7 Å². The normalized spacial score (nSPS) is 12.9. The van der Waals surface area contributed by atoms with E-state index in [1.165, 1.54) is 12.1 Å². The van der Waals surface area contributed by atoms with Crippen LogP contribution >= 0.6 is 0 Å². The predicted molar refractivity (Wildman–Crippen MR) is 112 cm³/mol. The largest absolute Gasteiger partial charge is 0.388 e. The fourth-order valence-electron chi connectivity index (χ4n) is 3.16. The van der Waals surface area contributed by atoms with E-state index in [1.807, 2.05) is 43.5 Å². The summed E-state index contributed by atoms with van der Waals surface area (Å²) in [7, 11) is 0. The molecule has 5 nitrogen and oxygen atoms in total. The third-order valence-electron chi connectivity index (χ3n) is 4.62. The highest BCUT2D eigenvalue weighted by Crippen LogP contribution is 2.19. The molecule has 2 aromatic carbocycles. The average Bonchev–Trinajstić information content (AvgIpc) is 3.10. The number of H-pyrrole nitrogens is 1. The SMILES string of the molecule is CCNC(=NCCC(O)c1ccccc1)NCCc1c[nH]c2cc(F)ccc12. The number of hydrogen-bond donors (Lipinski definition) is 4. The Hall–Kier alpha value is -2.86. The fraction of sp³-hybridized carbons (Fsp3) is 0.318. The third-order valence-corrected chi connectivity index (χ3v) is 4.62. The average molecular weight is 382 g/mol. The first-order valence-corrected chi connectivity index (χ1v) is 9.68. The summed E-state index contributed by atoms with van der Waals surface area (Å²) in [6.07, 6.45) is 2.77. The second kappa shape index (κ2) is 9.90. The summed E-state index contributed by atoms with van der Waals surface area (Å²) in [5, 5.41) is 17.8. The maximum atomic E-state index is 13.3. The van der Waals surface area contributed by atoms with Crippen LogP contribution in [0.2, 0.25) is 0 Å². The molecule has 0 saturated carbocycles. The number of rotatable bonds is 8. The van der Waals surface area contributed by atoms with Gasteiger partial charge in [-0.15, -0.1) is 0 Å². The van der Waals surface area contributed by atoms with E-state index < -0.39 is 6.10 Å². The molecule has 0 amide bonds. The van der Waals surface area contributed by atoms with Gasteiger partial charge in [0.05, 0.1) is 6.10 Å². The molecular formula is C22H27FN4O. The minimum Gasteiger partial charge on any atom is -0.388 e. The van der Waals surface area contributed by atoms with Crippen LogP contribution in [0.5, 0.6) is 0 Å². The maximum Gasteiger partial charge on any atom is 0.191 e. The molecule has 0 aliphatic heterocycles. The molecule has 0 bridgehead atoms. The highest BCUT2D eigenvalue weighted by Gasteiger charge is 2.07. The van der Waals surface area contributed by atoms with Gasteiger partial charge in [0.15, 0.2) is 5.96 Å². The first-order valence-electron chi connectivity index (χ1n) is 9.68. The molecule has 3 rings (SSSR count). The first kappa shape index (κ1) is 19.9. The zero-order chi connectivity index (χ0) is 19.8. The van der Waals surface area contributed by atoms with Crippen molar-refractivity contribution in [3.63, 3.8) is 0 Å². The fourth-order valence-corrected chi connectivity index (χ4v) is 3.16. The molecule has 4 N–H and O–H groups in total. The number of aromatic nitrogens is 1. The third kappa shape index (κ3) is 5.33. The summed E-state index contributed by atoms with van der Waals surface area (Å²) >= 11 is 0. The number of nitrogens with zero attached hydrogens (tertiary/aromatic N) is 1. The number of benzene rings is 2. The van der Waals surface area contributed by atoms with Gasteiger partial charge in [0.1, 0.15) is 5.82 Å². The summed E-state index contributed by atoms with van der Waals surface area (Å²) in [4.78, 5) is 7.66. The molecule has 1 atom stereocenters. The van der Waals surface area contributed by atoms with E-state index in [0.717, 1.165) is 41.0 Å². The van der Waals surface area contributed by atoms with Crippen LogP contribution in [0.3, 0.4) is 0 Å². The number of aliphatic hydroxyl groups is 1. The minimum absolute atomic E-state index is 0.238. The van der Waals surface area contributed by atoms with Gasteiger partial charge in [-0.2, -0.15) is 0 Å². The van der Waals surface area contributed by atoms with Crippen molar-refractivity contribution >= 4 is 16.9 Å². The van der Waals surface area contributed by atoms with Gasteiger partial charge in [-0.3, -0.25) is 4.99 Å². The molecule has 3 aromatic rings. The molecule has 0 saturated heterocycles. The van der Waals surface area contributed by atoms with Crippen molar-refractivity contribution in [1.82, 2.24) is 15.6 Å². The molecule has 0 spiro atoms. The molecule has 0 aliphatic carbocycles. The zero-order valence-electron chi connectivity index (χ0n) is 16.1. The van der Waals surface area contributed by atoms with Crippen molar-refractivity contribution in [2.45, 2.75) is 25.9 Å². The van der Waals surface area contributed by atoms with Crippen LogP contribution in [0.4, 0.5) is 4.39 Å². The van der Waals surface area contributed by atoms with Crippen LogP contribution in [0.15, 0.2) is 59.7 Å². The number of aliphatic hydroxyl groups excluding tert-OH is 1. The van der Waals surface area contributed by atoms with Crippen LogP contribution in [-0.4, -0.2) is 35.7 Å². The Kier molecular flexibility index (Phi) is 7.03. The topological polar surface area (TPSA) is 72.4 Å². The van der Waals surface area contributed by atoms with Gasteiger partial charge in [0, 0.05) is 36.7 Å². The van der Waals surface area contributed by atoms with Crippen LogP contribution < -0.4 is 10.6 Å². The van der Waals surface area contributed by atoms with E-state index in [-0.39, 0.29) is 5.82 Å². The number of guanidine groups is 1. The highest BCUT2D eigenvalue weighted by atomic mass is 19.1. The zero-order valence-corrected chi connectivity index (χ0v) is 16.1. The molecule has 1 unspecified atom stereocenters. The van der Waals surface area contributed by atoms with E-state index >= 15 is 0 Å². The lowest BCUT2D eigenvalue weighted by Crippen LogP contribution is -2.38. The van der Waals surface area contributed by atoms with E-state index in [4.69, 9.17) is 0 Å². The van der Waals surface area contributed by atoms with E-state index in [1.54, 1.807) is 6.07 Å². The predicted octanol–water partition coefficient (Wildman–Crippen LogP) is 3.53. The summed E-state index contributed by atoms with van der Waals surface area (Å²) in [6, 6.07) is 14.4. The maximum absolute atomic E-state index is 13.3. The van der Waals surface area contributed by atoms with Gasteiger partial charge in [-0.05, 0) is 49.1 Å². The van der Waals surface area contributed by atoms with E-state index in [9.17, 15) is 9.50 Å². The smallest absolute Gasteiger partial charge is 0.191 e. The Labute approximate surface area is 164 Å². The molecule has 0 fully saturated rings. The Morgan fingerprint density at radius 2 is 2.00 bits per heavy atom. The standard InChI is InChI=1S/C22H27FN4O/c1-2-24-22(26-13-11-21(28)16-6-4-3-5-7-16)25-12-10-17-15-27-20-14-18(23)8-9-19(17)20/h3-9,14-15,21,27-28H,2,10-13H2,1H3,(H2,24,25,26). The first-order chi connectivity index (χ1) is 13.7. The number of aromatic amines is 1. The molecule has 28 heavy (non-hydrogen) atoms. The van der Waals surface area contributed by atoms with E-state index in [2.05, 4.69) is 20.6 Å². The van der Waals surface area contributed by atoms with Crippen LogP contribution in [0.25, 0.3) is 10.9 Å². The second-order valence-electron chi connectivity index (χ2n) is 6.66. The summed E-state index contributed by atoms with van der Waals surface area (Å²) in [6.45, 7) is 4.01. The lowest BCUT2D eigenvalue weighted by atomic mass is 10.1. The molecular weight excluding hydrogens is 355 g/mol. The quantitative estimate of drug-likeness (QED) is 0.356.